The van der Waals surface area contributed by atoms with Gasteiger partial charge in [0.15, 0.2) is 0 Å². The van der Waals surface area contributed by atoms with Gasteiger partial charge in [-0.25, -0.2) is 0 Å². The van der Waals surface area contributed by atoms with Crippen LogP contribution in [0.2, 0.25) is 10.0 Å². The van der Waals surface area contributed by atoms with Gasteiger partial charge >= 0.3 is 0 Å². The second-order valence-electron chi connectivity index (χ2n) is 7.15. The number of nitrogens with one attached hydrogen (secondary N) is 1. The van der Waals surface area contributed by atoms with Gasteiger partial charge in [0.1, 0.15) is 5.82 Å². The van der Waals surface area contributed by atoms with Crippen molar-refractivity contribution in [3.05, 3.63) is 70.0 Å². The summed E-state index contributed by atoms with van der Waals surface area (Å²) in [6.45, 7) is 4.92. The highest BCUT2D eigenvalue weighted by molar-refractivity contribution is 6.30. The fourth-order valence-corrected chi connectivity index (χ4v) is 3.64. The molecule has 1 aromatic heterocycles. The van der Waals surface area contributed by atoms with Crippen molar-refractivity contribution >= 4 is 40.8 Å². The number of nitrogen functional groups attached to an aromatic ring is 1. The Bertz CT molecular complexity index is 972. The Morgan fingerprint density at radius 1 is 0.833 bits per heavy atom. The van der Waals surface area contributed by atoms with E-state index in [2.05, 4.69) is 42.2 Å². The molecular formula is C21H23Cl2N7. The third-order valence-electron chi connectivity index (χ3n) is 4.99. The predicted octanol–water partition coefficient (Wildman–Crippen LogP) is 3.69. The van der Waals surface area contributed by atoms with Crippen LogP contribution in [-0.4, -0.2) is 46.0 Å². The third-order valence-corrected chi connectivity index (χ3v) is 5.50. The number of piperazine rings is 1. The minimum Gasteiger partial charge on any atom is -0.369 e. The first-order chi connectivity index (χ1) is 14.5. The molecule has 1 aliphatic heterocycles. The van der Waals surface area contributed by atoms with Crippen LogP contribution in [0, 0.1) is 0 Å². The summed E-state index contributed by atoms with van der Waals surface area (Å²) in [6.07, 6.45) is 0. The molecule has 7 nitrogen and oxygen atoms in total. The molecule has 9 heteroatoms. The zero-order valence-corrected chi connectivity index (χ0v) is 17.9. The standard InChI is InChI=1S/C21H23Cl2N7/c22-16-3-1-15(2-4-16)13-25-21-27-19(26-20(24)28-21)14-29-9-11-30(12-10-29)18-7-5-17(23)6-8-18/h1-8H,9-14H2,(H3,24,25,26,27,28). The summed E-state index contributed by atoms with van der Waals surface area (Å²) in [5.41, 5.74) is 8.18. The molecule has 2 aromatic carbocycles. The van der Waals surface area contributed by atoms with E-state index in [1.54, 1.807) is 0 Å². The molecule has 0 unspecified atom stereocenters. The molecule has 3 aromatic rings. The number of halogens is 2. The van der Waals surface area contributed by atoms with Gasteiger partial charge in [-0.1, -0.05) is 35.3 Å². The van der Waals surface area contributed by atoms with Crippen molar-refractivity contribution in [2.75, 3.05) is 42.1 Å². The molecule has 30 heavy (non-hydrogen) atoms. The van der Waals surface area contributed by atoms with Crippen molar-refractivity contribution in [1.29, 1.82) is 0 Å². The Hall–Kier alpha value is -2.61. The number of aromatic nitrogens is 3. The Labute approximate surface area is 185 Å². The highest BCUT2D eigenvalue weighted by Gasteiger charge is 2.19. The normalized spacial score (nSPS) is 14.7. The number of anilines is 3. The van der Waals surface area contributed by atoms with E-state index in [1.165, 1.54) is 5.69 Å². The minimum absolute atomic E-state index is 0.221. The molecule has 0 bridgehead atoms. The maximum absolute atomic E-state index is 5.99. The van der Waals surface area contributed by atoms with Crippen LogP contribution in [0.5, 0.6) is 0 Å². The molecule has 0 aliphatic carbocycles. The van der Waals surface area contributed by atoms with E-state index in [4.69, 9.17) is 28.9 Å². The van der Waals surface area contributed by atoms with Gasteiger partial charge in [-0.15, -0.1) is 0 Å². The second kappa shape index (κ2) is 9.47. The van der Waals surface area contributed by atoms with Crippen LogP contribution >= 0.6 is 23.2 Å². The van der Waals surface area contributed by atoms with E-state index in [0.717, 1.165) is 36.8 Å². The van der Waals surface area contributed by atoms with Crippen LogP contribution in [0.4, 0.5) is 17.6 Å². The van der Waals surface area contributed by atoms with E-state index in [9.17, 15) is 0 Å². The first-order valence-electron chi connectivity index (χ1n) is 9.77. The molecule has 1 aliphatic rings. The van der Waals surface area contributed by atoms with Gasteiger partial charge < -0.3 is 16.0 Å². The molecule has 156 valence electrons. The summed E-state index contributed by atoms with van der Waals surface area (Å²) in [5, 5.41) is 4.67. The van der Waals surface area contributed by atoms with Crippen molar-refractivity contribution in [3.8, 4) is 0 Å². The summed E-state index contributed by atoms with van der Waals surface area (Å²) < 4.78 is 0. The lowest BCUT2D eigenvalue weighted by atomic mass is 10.2. The molecular weight excluding hydrogens is 421 g/mol. The number of rotatable bonds is 6. The molecule has 4 rings (SSSR count). The van der Waals surface area contributed by atoms with Gasteiger partial charge in [-0.05, 0) is 42.0 Å². The SMILES string of the molecule is Nc1nc(CN2CCN(c3ccc(Cl)cc3)CC2)nc(NCc2ccc(Cl)cc2)n1. The fourth-order valence-electron chi connectivity index (χ4n) is 3.39. The molecule has 0 spiro atoms. The Morgan fingerprint density at radius 2 is 1.47 bits per heavy atom. The lowest BCUT2D eigenvalue weighted by Gasteiger charge is -2.35. The van der Waals surface area contributed by atoms with Gasteiger partial charge in [0.2, 0.25) is 11.9 Å². The van der Waals surface area contributed by atoms with Crippen molar-refractivity contribution in [3.63, 3.8) is 0 Å². The van der Waals surface area contributed by atoms with Gasteiger partial charge in [-0.3, -0.25) is 4.90 Å². The zero-order valence-electron chi connectivity index (χ0n) is 16.4. The van der Waals surface area contributed by atoms with E-state index in [0.29, 0.717) is 29.9 Å². The molecule has 0 amide bonds. The smallest absolute Gasteiger partial charge is 0.228 e. The quantitative estimate of drug-likeness (QED) is 0.600. The Kier molecular flexibility index (Phi) is 6.52. The topological polar surface area (TPSA) is 83.2 Å². The first kappa shape index (κ1) is 20.7. The van der Waals surface area contributed by atoms with Gasteiger partial charge in [0.25, 0.3) is 0 Å². The number of nitrogens with two attached hydrogens (primary N) is 1. The number of hydrogen-bond donors (Lipinski definition) is 2. The molecule has 0 saturated carbocycles. The van der Waals surface area contributed by atoms with E-state index >= 15 is 0 Å². The molecule has 1 saturated heterocycles. The van der Waals surface area contributed by atoms with Gasteiger partial charge in [0, 0.05) is 48.5 Å². The maximum Gasteiger partial charge on any atom is 0.228 e. The van der Waals surface area contributed by atoms with Crippen LogP contribution < -0.4 is 16.0 Å². The average molecular weight is 444 g/mol. The molecule has 0 radical (unpaired) electrons. The molecule has 0 atom stereocenters. The summed E-state index contributed by atoms with van der Waals surface area (Å²) in [6, 6.07) is 15.6. The van der Waals surface area contributed by atoms with Crippen LogP contribution in [0.15, 0.2) is 48.5 Å². The van der Waals surface area contributed by atoms with E-state index < -0.39 is 0 Å². The molecule has 3 N–H and O–H groups in total. The van der Waals surface area contributed by atoms with Crippen LogP contribution in [0.25, 0.3) is 0 Å². The van der Waals surface area contributed by atoms with Gasteiger partial charge in [-0.2, -0.15) is 15.0 Å². The van der Waals surface area contributed by atoms with Crippen molar-refractivity contribution in [2.45, 2.75) is 13.1 Å². The Morgan fingerprint density at radius 3 is 2.13 bits per heavy atom. The molecule has 2 heterocycles. The zero-order chi connectivity index (χ0) is 20.9. The van der Waals surface area contributed by atoms with Crippen LogP contribution in [-0.2, 0) is 13.1 Å². The maximum atomic E-state index is 5.99. The van der Waals surface area contributed by atoms with E-state index in [1.807, 2.05) is 36.4 Å². The van der Waals surface area contributed by atoms with E-state index in [-0.39, 0.29) is 5.95 Å². The highest BCUT2D eigenvalue weighted by atomic mass is 35.5. The number of hydrogen-bond acceptors (Lipinski definition) is 7. The minimum atomic E-state index is 0.221. The Balaban J connectivity index is 1.33. The number of benzene rings is 2. The lowest BCUT2D eigenvalue weighted by Crippen LogP contribution is -2.46. The summed E-state index contributed by atoms with van der Waals surface area (Å²) in [5.74, 6) is 1.37. The average Bonchev–Trinajstić information content (AvgIpc) is 2.74. The monoisotopic (exact) mass is 443 g/mol. The second-order valence-corrected chi connectivity index (χ2v) is 8.03. The largest absolute Gasteiger partial charge is 0.369 e. The molecule has 1 fully saturated rings. The van der Waals surface area contributed by atoms with Crippen LogP contribution in [0.1, 0.15) is 11.4 Å². The third kappa shape index (κ3) is 5.50. The summed E-state index contributed by atoms with van der Waals surface area (Å²) >= 11 is 11.9. The number of nitrogens with zero attached hydrogens (tertiary/aromatic N) is 5. The van der Waals surface area contributed by atoms with Crippen LogP contribution in [0.3, 0.4) is 0 Å². The van der Waals surface area contributed by atoms with Crippen molar-refractivity contribution in [2.24, 2.45) is 0 Å². The fraction of sp³-hybridized carbons (Fsp3) is 0.286. The van der Waals surface area contributed by atoms with Crippen molar-refractivity contribution < 1.29 is 0 Å². The van der Waals surface area contributed by atoms with Crippen molar-refractivity contribution in [1.82, 2.24) is 19.9 Å². The first-order valence-corrected chi connectivity index (χ1v) is 10.5. The summed E-state index contributed by atoms with van der Waals surface area (Å²) in [4.78, 5) is 17.7. The predicted molar refractivity (Wildman–Crippen MR) is 122 cm³/mol. The summed E-state index contributed by atoms with van der Waals surface area (Å²) in [7, 11) is 0. The van der Waals surface area contributed by atoms with Gasteiger partial charge in [0.05, 0.1) is 6.54 Å². The lowest BCUT2D eigenvalue weighted by molar-refractivity contribution is 0.244. The highest BCUT2D eigenvalue weighted by Crippen LogP contribution is 2.20.